The van der Waals surface area contributed by atoms with Gasteiger partial charge in [0, 0.05) is 6.42 Å². The molecule has 0 radical (unpaired) electrons. The van der Waals surface area contributed by atoms with E-state index in [9.17, 15) is 4.57 Å². The van der Waals surface area contributed by atoms with Crippen molar-refractivity contribution in [2.45, 2.75) is 33.1 Å². The van der Waals surface area contributed by atoms with Crippen LogP contribution in [0.4, 0.5) is 0 Å². The van der Waals surface area contributed by atoms with Crippen molar-refractivity contribution in [3.63, 3.8) is 0 Å². The predicted octanol–water partition coefficient (Wildman–Crippen LogP) is 2.95. The molecule has 0 spiro atoms. The smallest absolute Gasteiger partial charge is 0.309 e. The minimum atomic E-state index is -2.99. The maximum absolute atomic E-state index is 11.9. The second kappa shape index (κ2) is 7.99. The molecule has 0 unspecified atom stereocenters. The molecule has 14 heavy (non-hydrogen) atoms. The van der Waals surface area contributed by atoms with Crippen molar-refractivity contribution >= 4 is 7.60 Å². The van der Waals surface area contributed by atoms with Crippen molar-refractivity contribution in [1.29, 1.82) is 5.26 Å². The van der Waals surface area contributed by atoms with Crippen LogP contribution in [-0.4, -0.2) is 19.4 Å². The summed E-state index contributed by atoms with van der Waals surface area (Å²) >= 11 is 0. The molecule has 0 aliphatic heterocycles. The van der Waals surface area contributed by atoms with Crippen LogP contribution in [0.3, 0.4) is 0 Å². The molecular formula is C9H18NO3P. The topological polar surface area (TPSA) is 59.3 Å². The monoisotopic (exact) mass is 219 g/mol. The quantitative estimate of drug-likeness (QED) is 0.589. The van der Waals surface area contributed by atoms with E-state index in [1.165, 1.54) is 0 Å². The maximum Gasteiger partial charge on any atom is 0.331 e. The second-order valence-electron chi connectivity index (χ2n) is 2.91. The highest BCUT2D eigenvalue weighted by Crippen LogP contribution is 2.48. The minimum Gasteiger partial charge on any atom is -0.309 e. The molecule has 0 atom stereocenters. The lowest BCUT2D eigenvalue weighted by molar-refractivity contribution is 0.205. The van der Waals surface area contributed by atoms with Gasteiger partial charge in [-0.3, -0.25) is 4.57 Å². The molecule has 0 amide bonds. The van der Waals surface area contributed by atoms with Crippen molar-refractivity contribution in [2.75, 3.05) is 19.4 Å². The third kappa shape index (κ3) is 6.15. The van der Waals surface area contributed by atoms with Crippen molar-refractivity contribution in [3.8, 4) is 6.07 Å². The Balaban J connectivity index is 4.05. The number of nitriles is 1. The molecule has 0 aliphatic carbocycles. The lowest BCUT2D eigenvalue weighted by atomic mass is 10.5. The van der Waals surface area contributed by atoms with Gasteiger partial charge >= 0.3 is 7.60 Å². The van der Waals surface area contributed by atoms with E-state index in [1.807, 2.05) is 19.9 Å². The van der Waals surface area contributed by atoms with Gasteiger partial charge in [0.15, 0.2) is 0 Å². The van der Waals surface area contributed by atoms with E-state index < -0.39 is 7.60 Å². The summed E-state index contributed by atoms with van der Waals surface area (Å²) in [4.78, 5) is 0. The van der Waals surface area contributed by atoms with Crippen molar-refractivity contribution in [3.05, 3.63) is 0 Å². The molecule has 5 heteroatoms. The average Bonchev–Trinajstić information content (AvgIpc) is 2.21. The first kappa shape index (κ1) is 13.6. The van der Waals surface area contributed by atoms with Crippen LogP contribution in [-0.2, 0) is 13.6 Å². The van der Waals surface area contributed by atoms with E-state index in [0.717, 1.165) is 12.8 Å². The normalized spacial score (nSPS) is 11.2. The molecule has 0 saturated carbocycles. The summed E-state index contributed by atoms with van der Waals surface area (Å²) in [6.45, 7) is 4.72. The van der Waals surface area contributed by atoms with Gasteiger partial charge in [-0.25, -0.2) is 0 Å². The zero-order valence-corrected chi connectivity index (χ0v) is 9.76. The summed E-state index contributed by atoms with van der Waals surface area (Å²) in [6.07, 6.45) is 2.01. The van der Waals surface area contributed by atoms with Crippen LogP contribution in [0.5, 0.6) is 0 Å². The fraction of sp³-hybridized carbons (Fsp3) is 0.889. The van der Waals surface area contributed by atoms with Crippen LogP contribution >= 0.6 is 7.60 Å². The van der Waals surface area contributed by atoms with E-state index in [0.29, 0.717) is 13.2 Å². The van der Waals surface area contributed by atoms with Crippen LogP contribution < -0.4 is 0 Å². The van der Waals surface area contributed by atoms with Gasteiger partial charge in [-0.2, -0.15) is 5.26 Å². The SMILES string of the molecule is CCCOP(=O)(CCC#N)OCCC. The van der Waals surface area contributed by atoms with Gasteiger partial charge < -0.3 is 9.05 Å². The van der Waals surface area contributed by atoms with E-state index in [-0.39, 0.29) is 12.6 Å². The third-order valence-electron chi connectivity index (χ3n) is 1.48. The lowest BCUT2D eigenvalue weighted by Gasteiger charge is -2.16. The molecule has 0 aromatic carbocycles. The van der Waals surface area contributed by atoms with Crippen LogP contribution in [0, 0.1) is 11.3 Å². The first-order chi connectivity index (χ1) is 6.68. The highest BCUT2D eigenvalue weighted by molar-refractivity contribution is 7.53. The summed E-state index contributed by atoms with van der Waals surface area (Å²) in [6, 6.07) is 1.94. The Morgan fingerprint density at radius 3 is 2.07 bits per heavy atom. The van der Waals surface area contributed by atoms with Crippen molar-refractivity contribution in [2.24, 2.45) is 0 Å². The maximum atomic E-state index is 11.9. The largest absolute Gasteiger partial charge is 0.331 e. The summed E-state index contributed by atoms with van der Waals surface area (Å²) in [7, 11) is -2.99. The summed E-state index contributed by atoms with van der Waals surface area (Å²) < 4.78 is 22.2. The Hall–Kier alpha value is -0.360. The van der Waals surface area contributed by atoms with E-state index >= 15 is 0 Å². The van der Waals surface area contributed by atoms with Crippen LogP contribution in [0.2, 0.25) is 0 Å². The van der Waals surface area contributed by atoms with Crippen molar-refractivity contribution < 1.29 is 13.6 Å². The zero-order valence-electron chi connectivity index (χ0n) is 8.86. The Morgan fingerprint density at radius 2 is 1.71 bits per heavy atom. The number of hydrogen-bond acceptors (Lipinski definition) is 4. The van der Waals surface area contributed by atoms with Gasteiger partial charge in [-0.05, 0) is 12.8 Å². The highest BCUT2D eigenvalue weighted by Gasteiger charge is 2.23. The fourth-order valence-electron chi connectivity index (χ4n) is 0.814. The zero-order chi connectivity index (χ0) is 10.9. The molecule has 82 valence electrons. The number of rotatable bonds is 8. The van der Waals surface area contributed by atoms with E-state index in [4.69, 9.17) is 14.3 Å². The molecule has 0 fully saturated rings. The molecule has 0 aromatic rings. The Morgan fingerprint density at radius 1 is 1.21 bits per heavy atom. The lowest BCUT2D eigenvalue weighted by Crippen LogP contribution is -2.01. The Kier molecular flexibility index (Phi) is 7.78. The summed E-state index contributed by atoms with van der Waals surface area (Å²) in [5, 5.41) is 8.40. The van der Waals surface area contributed by atoms with Crippen LogP contribution in [0.15, 0.2) is 0 Å². The molecule has 0 rings (SSSR count). The molecule has 4 nitrogen and oxygen atoms in total. The van der Waals surface area contributed by atoms with Crippen LogP contribution in [0.1, 0.15) is 33.1 Å². The van der Waals surface area contributed by atoms with Crippen molar-refractivity contribution in [1.82, 2.24) is 0 Å². The average molecular weight is 219 g/mol. The molecule has 0 N–H and O–H groups in total. The second-order valence-corrected chi connectivity index (χ2v) is 5.09. The Labute approximate surface area is 85.7 Å². The first-order valence-corrected chi connectivity index (χ1v) is 6.66. The minimum absolute atomic E-state index is 0.198. The molecule has 0 heterocycles. The third-order valence-corrected chi connectivity index (χ3v) is 3.40. The molecule has 0 aromatic heterocycles. The van der Waals surface area contributed by atoms with E-state index in [1.54, 1.807) is 0 Å². The first-order valence-electron chi connectivity index (χ1n) is 4.93. The standard InChI is InChI=1S/C9H18NO3P/c1-3-7-12-14(11,9-5-6-10)13-8-4-2/h3-5,7-9H2,1-2H3. The van der Waals surface area contributed by atoms with Gasteiger partial charge in [0.2, 0.25) is 0 Å². The fourth-order valence-corrected chi connectivity index (χ4v) is 2.44. The molecule has 0 bridgehead atoms. The molecule has 0 aliphatic rings. The van der Waals surface area contributed by atoms with Crippen LogP contribution in [0.25, 0.3) is 0 Å². The molecule has 0 saturated heterocycles. The Bertz CT molecular complexity index is 213. The predicted molar refractivity (Wildman–Crippen MR) is 55.2 cm³/mol. The van der Waals surface area contributed by atoms with E-state index in [2.05, 4.69) is 0 Å². The summed E-state index contributed by atoms with van der Waals surface area (Å²) in [5.74, 6) is 0. The van der Waals surface area contributed by atoms with Gasteiger partial charge in [-0.15, -0.1) is 0 Å². The van der Waals surface area contributed by atoms with Gasteiger partial charge in [0.25, 0.3) is 0 Å². The van der Waals surface area contributed by atoms with Gasteiger partial charge in [0.05, 0.1) is 25.4 Å². The molecular weight excluding hydrogens is 201 g/mol. The van der Waals surface area contributed by atoms with Gasteiger partial charge in [-0.1, -0.05) is 13.8 Å². The van der Waals surface area contributed by atoms with Gasteiger partial charge in [0.1, 0.15) is 0 Å². The number of nitrogens with zero attached hydrogens (tertiary/aromatic N) is 1. The summed E-state index contributed by atoms with van der Waals surface area (Å²) in [5.41, 5.74) is 0. The number of hydrogen-bond donors (Lipinski definition) is 0. The highest BCUT2D eigenvalue weighted by atomic mass is 31.2.